The number of carbonyl (C=O) groups is 1. The van der Waals surface area contributed by atoms with E-state index in [0.717, 1.165) is 0 Å². The Morgan fingerprint density at radius 1 is 0.491 bits per heavy atom. The van der Waals surface area contributed by atoms with Crippen molar-refractivity contribution in [2.45, 2.75) is 147 Å². The van der Waals surface area contributed by atoms with Gasteiger partial charge in [0.1, 0.15) is 122 Å². The van der Waals surface area contributed by atoms with Crippen LogP contribution in [0.4, 0.5) is 0 Å². The van der Waals surface area contributed by atoms with Crippen LogP contribution < -0.4 is 5.11 Å². The van der Waals surface area contributed by atoms with Crippen molar-refractivity contribution in [1.29, 1.82) is 0 Å². The quantitative estimate of drug-likeness (QED) is 0.0646. The molecule has 4 saturated heterocycles. The highest BCUT2D eigenvalue weighted by atomic mass is 16.8. The Labute approximate surface area is 321 Å². The second kappa shape index (κ2) is 20.8. The first-order valence-corrected chi connectivity index (χ1v) is 17.5. The molecule has 4 rings (SSSR count). The van der Waals surface area contributed by atoms with E-state index in [0.29, 0.717) is 0 Å². The van der Waals surface area contributed by atoms with E-state index in [4.69, 9.17) is 37.9 Å². The largest absolute Gasteiger partial charge is 0.547 e. The van der Waals surface area contributed by atoms with Crippen LogP contribution in [0.2, 0.25) is 0 Å². The van der Waals surface area contributed by atoms with E-state index >= 15 is 0 Å². The van der Waals surface area contributed by atoms with Gasteiger partial charge in [-0.05, 0) is 0 Å². The van der Waals surface area contributed by atoms with Gasteiger partial charge >= 0.3 is 0 Å². The molecule has 0 radical (unpaired) electrons. The third-order valence-corrected chi connectivity index (χ3v) is 9.94. The molecule has 0 spiro atoms. The SMILES string of the molecule is O=C([O-])[C@H](O)[C@@H](O)[C@H](O[C@@H]1O[C@H](CO)[C@@H](O[C@@H]2O[C@H](CO)[C@@H](O[C@@H]3O[C@H](CO)[C@@H](O[C@@H]4O[C@H](CO)[C@@H](O)[C@H](O)[C@H]4O)[C@H](O)[C@H]3O)[C@H](O)[C@H]2O)[C@H](O)[C@H]1O)[C@H](O)CO. The standard InChI is InChI=1S/C30H52O27/c31-1-6(36)22(13(39)17(43)26(48)49)54-28-19(45)14(40)24(8(3-33)51-28)56-30-21(47)16(42)25(10(5-35)53-30)57-29-20(46)15(41)23(9(4-34)52-29)55-27-18(44)12(38)11(37)7(2-32)50-27/h6-25,27-47H,1-5H2,(H,48,49)/p-1/t6-,7-,8-,9-,10-,11-,12+,13-,14-,15-,16-,17-,18-,19-,20-,21-,22-,23-,24-,25-,27+,28+,29+,30+/m1/s1. The van der Waals surface area contributed by atoms with Crippen LogP contribution in [0.1, 0.15) is 0 Å². The highest BCUT2D eigenvalue weighted by Crippen LogP contribution is 2.35. The molecular formula is C30H51O27-. The molecular weight excluding hydrogens is 792 g/mol. The number of carbonyl (C=O) groups excluding carboxylic acids is 1. The average molecular weight is 844 g/mol. The molecule has 0 unspecified atom stereocenters. The first-order chi connectivity index (χ1) is 26.9. The van der Waals surface area contributed by atoms with Gasteiger partial charge in [0, 0.05) is 0 Å². The summed E-state index contributed by atoms with van der Waals surface area (Å²) in [5.74, 6) is -2.21. The van der Waals surface area contributed by atoms with E-state index in [1.54, 1.807) is 0 Å². The molecule has 0 saturated carbocycles. The van der Waals surface area contributed by atoms with Crippen molar-refractivity contribution in [3.63, 3.8) is 0 Å². The van der Waals surface area contributed by atoms with E-state index < -0.39 is 186 Å². The lowest BCUT2D eigenvalue weighted by atomic mass is 9.95. The van der Waals surface area contributed by atoms with Crippen LogP contribution in [0.3, 0.4) is 0 Å². The third-order valence-electron chi connectivity index (χ3n) is 9.94. The van der Waals surface area contributed by atoms with Crippen LogP contribution in [-0.2, 0) is 42.7 Å². The number of carboxylic acid groups (broad SMARTS) is 1. The smallest absolute Gasteiger partial charge is 0.187 e. The Balaban J connectivity index is 1.43. The molecule has 17 N–H and O–H groups in total. The van der Waals surface area contributed by atoms with Crippen molar-refractivity contribution in [2.24, 2.45) is 0 Å². The zero-order valence-electron chi connectivity index (χ0n) is 29.6. The first-order valence-electron chi connectivity index (χ1n) is 17.5. The summed E-state index contributed by atoms with van der Waals surface area (Å²) >= 11 is 0. The van der Waals surface area contributed by atoms with Gasteiger partial charge in [0.05, 0.1) is 39.0 Å². The van der Waals surface area contributed by atoms with Gasteiger partial charge in [-0.1, -0.05) is 0 Å². The van der Waals surface area contributed by atoms with E-state index in [1.807, 2.05) is 0 Å². The van der Waals surface area contributed by atoms with Crippen LogP contribution in [0.25, 0.3) is 0 Å². The van der Waals surface area contributed by atoms with Gasteiger partial charge in [-0.25, -0.2) is 0 Å². The average Bonchev–Trinajstić information content (AvgIpc) is 3.20. The number of aliphatic hydroxyl groups is 17. The van der Waals surface area contributed by atoms with Crippen molar-refractivity contribution in [3.05, 3.63) is 0 Å². The van der Waals surface area contributed by atoms with Crippen molar-refractivity contribution in [2.75, 3.05) is 33.0 Å². The maximum atomic E-state index is 11.1. The van der Waals surface area contributed by atoms with E-state index in [9.17, 15) is 96.7 Å². The van der Waals surface area contributed by atoms with Crippen molar-refractivity contribution in [1.82, 2.24) is 0 Å². The Bertz CT molecular complexity index is 1230. The molecule has 4 aliphatic rings. The number of hydrogen-bond acceptors (Lipinski definition) is 27. The van der Waals surface area contributed by atoms with Gasteiger partial charge in [0.25, 0.3) is 0 Å². The Kier molecular flexibility index (Phi) is 17.6. The van der Waals surface area contributed by atoms with Gasteiger partial charge in [-0.3, -0.25) is 0 Å². The minimum absolute atomic E-state index is 0.826. The predicted molar refractivity (Wildman–Crippen MR) is 167 cm³/mol. The molecule has 0 amide bonds. The summed E-state index contributed by atoms with van der Waals surface area (Å²) in [4.78, 5) is 11.0. The summed E-state index contributed by atoms with van der Waals surface area (Å²) in [6.07, 6.45) is -47.8. The Morgan fingerprint density at radius 2 is 0.825 bits per heavy atom. The molecule has 334 valence electrons. The van der Waals surface area contributed by atoms with Gasteiger partial charge in [-0.15, -0.1) is 0 Å². The summed E-state index contributed by atoms with van der Waals surface area (Å²) in [6.45, 7) is -5.04. The predicted octanol–water partition coefficient (Wildman–Crippen LogP) is -13.5. The van der Waals surface area contributed by atoms with E-state index in [2.05, 4.69) is 0 Å². The van der Waals surface area contributed by atoms with Gasteiger partial charge in [0.15, 0.2) is 25.2 Å². The van der Waals surface area contributed by atoms with Gasteiger partial charge in [0.2, 0.25) is 0 Å². The molecule has 0 aromatic rings. The number of rotatable bonds is 17. The molecule has 0 aromatic carbocycles. The van der Waals surface area contributed by atoms with Crippen LogP contribution in [0.5, 0.6) is 0 Å². The zero-order valence-corrected chi connectivity index (χ0v) is 29.6. The van der Waals surface area contributed by atoms with Crippen LogP contribution >= 0.6 is 0 Å². The number of carboxylic acids is 1. The van der Waals surface area contributed by atoms with Crippen molar-refractivity contribution in [3.8, 4) is 0 Å². The summed E-state index contributed by atoms with van der Waals surface area (Å²) < 4.78 is 43.4. The summed E-state index contributed by atoms with van der Waals surface area (Å²) in [6, 6.07) is 0. The van der Waals surface area contributed by atoms with Crippen molar-refractivity contribution < 1.29 is 135 Å². The first kappa shape index (κ1) is 48.1. The molecule has 4 heterocycles. The zero-order chi connectivity index (χ0) is 42.6. The molecule has 0 aromatic heterocycles. The number of hydrogen-bond donors (Lipinski definition) is 17. The lowest BCUT2D eigenvalue weighted by Crippen LogP contribution is -2.67. The Hall–Kier alpha value is -1.53. The van der Waals surface area contributed by atoms with Crippen LogP contribution in [0, 0.1) is 0 Å². The van der Waals surface area contributed by atoms with E-state index in [-0.39, 0.29) is 0 Å². The minimum Gasteiger partial charge on any atom is -0.547 e. The second-order valence-corrected chi connectivity index (χ2v) is 13.7. The summed E-state index contributed by atoms with van der Waals surface area (Å²) in [5, 5.41) is 186. The minimum atomic E-state index is -2.68. The molecule has 0 aliphatic carbocycles. The second-order valence-electron chi connectivity index (χ2n) is 13.7. The van der Waals surface area contributed by atoms with Gasteiger partial charge in [-0.2, -0.15) is 0 Å². The fourth-order valence-corrected chi connectivity index (χ4v) is 6.62. The van der Waals surface area contributed by atoms with Crippen molar-refractivity contribution >= 4 is 5.97 Å². The Morgan fingerprint density at radius 3 is 1.18 bits per heavy atom. The van der Waals surface area contributed by atoms with Crippen LogP contribution in [0.15, 0.2) is 0 Å². The third kappa shape index (κ3) is 10.3. The molecule has 27 heteroatoms. The van der Waals surface area contributed by atoms with Crippen LogP contribution in [-0.4, -0.2) is 273 Å². The monoisotopic (exact) mass is 843 g/mol. The summed E-state index contributed by atoms with van der Waals surface area (Å²) in [5.41, 5.74) is 0. The molecule has 0 bridgehead atoms. The maximum Gasteiger partial charge on any atom is 0.187 e. The maximum absolute atomic E-state index is 11.1. The number of aliphatic hydroxyl groups excluding tert-OH is 17. The number of aliphatic carboxylic acids is 1. The fourth-order valence-electron chi connectivity index (χ4n) is 6.62. The molecule has 27 nitrogen and oxygen atoms in total. The summed E-state index contributed by atoms with van der Waals surface area (Å²) in [7, 11) is 0. The highest BCUT2D eigenvalue weighted by molar-refractivity contribution is 5.70. The highest BCUT2D eigenvalue weighted by Gasteiger charge is 2.55. The molecule has 4 aliphatic heterocycles. The fraction of sp³-hybridized carbons (Fsp3) is 0.967. The lowest BCUT2D eigenvalue weighted by molar-refractivity contribution is -0.390. The molecule has 4 fully saturated rings. The number of ether oxygens (including phenoxy) is 8. The topological polar surface area (TPSA) is 458 Å². The lowest BCUT2D eigenvalue weighted by Gasteiger charge is -2.49. The van der Waals surface area contributed by atoms with E-state index in [1.165, 1.54) is 0 Å². The molecule has 24 atom stereocenters. The molecule has 57 heavy (non-hydrogen) atoms. The van der Waals surface area contributed by atoms with Gasteiger partial charge < -0.3 is 135 Å². The normalized spacial score (nSPS) is 46.5.